The molecule has 0 aliphatic carbocycles. The summed E-state index contributed by atoms with van der Waals surface area (Å²) in [5, 5.41) is 8.73. The topological polar surface area (TPSA) is 29.9 Å². The van der Waals surface area contributed by atoms with Crippen LogP contribution >= 0.6 is 23.5 Å². The molecule has 0 amide bonds. The second-order valence-electron chi connectivity index (χ2n) is 4.83. The molecule has 1 unspecified atom stereocenters. The molecule has 1 aromatic carbocycles. The number of para-hydroxylation sites is 1. The van der Waals surface area contributed by atoms with Crippen LogP contribution in [0.4, 0.5) is 0 Å². The SMILES string of the molecule is c1ccc(-n2cc(CNCC3CSCCS3)cn2)cc1. The van der Waals surface area contributed by atoms with Crippen LogP contribution in [0.1, 0.15) is 5.56 Å². The van der Waals surface area contributed by atoms with Crippen LogP contribution in [0.15, 0.2) is 42.7 Å². The first-order chi connectivity index (χ1) is 9.92. The first kappa shape index (κ1) is 14.0. The highest BCUT2D eigenvalue weighted by Crippen LogP contribution is 2.23. The summed E-state index contributed by atoms with van der Waals surface area (Å²) in [7, 11) is 0. The molecule has 5 heteroatoms. The fourth-order valence-corrected chi connectivity index (χ4v) is 4.85. The highest BCUT2D eigenvalue weighted by molar-refractivity contribution is 8.06. The van der Waals surface area contributed by atoms with Crippen molar-refractivity contribution in [2.45, 2.75) is 11.8 Å². The quantitative estimate of drug-likeness (QED) is 0.920. The van der Waals surface area contributed by atoms with E-state index < -0.39 is 0 Å². The molecule has 1 aromatic heterocycles. The molecule has 1 atom stereocenters. The molecule has 1 saturated heterocycles. The van der Waals surface area contributed by atoms with Crippen molar-refractivity contribution in [2.75, 3.05) is 23.8 Å². The minimum absolute atomic E-state index is 0.762. The molecule has 20 heavy (non-hydrogen) atoms. The summed E-state index contributed by atoms with van der Waals surface area (Å²) in [6, 6.07) is 10.2. The van der Waals surface area contributed by atoms with E-state index >= 15 is 0 Å². The summed E-state index contributed by atoms with van der Waals surface area (Å²) in [5.41, 5.74) is 2.35. The summed E-state index contributed by atoms with van der Waals surface area (Å²) in [5.74, 6) is 3.88. The van der Waals surface area contributed by atoms with Crippen molar-refractivity contribution in [1.29, 1.82) is 0 Å². The third-order valence-corrected chi connectivity index (χ3v) is 6.09. The van der Waals surface area contributed by atoms with Gasteiger partial charge in [-0.2, -0.15) is 28.6 Å². The minimum Gasteiger partial charge on any atom is -0.311 e. The van der Waals surface area contributed by atoms with Crippen molar-refractivity contribution < 1.29 is 0 Å². The average Bonchev–Trinajstić information content (AvgIpc) is 2.98. The van der Waals surface area contributed by atoms with Crippen LogP contribution in [0.2, 0.25) is 0 Å². The van der Waals surface area contributed by atoms with E-state index in [2.05, 4.69) is 52.3 Å². The van der Waals surface area contributed by atoms with Crippen LogP contribution in [-0.2, 0) is 6.54 Å². The predicted octanol–water partition coefficient (Wildman–Crippen LogP) is 2.81. The Hall–Kier alpha value is -0.910. The molecule has 2 aromatic rings. The van der Waals surface area contributed by atoms with Gasteiger partial charge in [-0.3, -0.25) is 0 Å². The number of nitrogens with zero attached hydrogens (tertiary/aromatic N) is 2. The minimum atomic E-state index is 0.762. The van der Waals surface area contributed by atoms with Gasteiger partial charge in [-0.1, -0.05) is 18.2 Å². The zero-order chi connectivity index (χ0) is 13.6. The van der Waals surface area contributed by atoms with Crippen molar-refractivity contribution >= 4 is 23.5 Å². The molecule has 0 bridgehead atoms. The Morgan fingerprint density at radius 2 is 2.15 bits per heavy atom. The Balaban J connectivity index is 1.50. The van der Waals surface area contributed by atoms with Crippen LogP contribution in [0, 0.1) is 0 Å². The summed E-state index contributed by atoms with van der Waals surface area (Å²) in [6.45, 7) is 1.99. The van der Waals surface area contributed by atoms with Crippen molar-refractivity contribution in [1.82, 2.24) is 15.1 Å². The van der Waals surface area contributed by atoms with Crippen molar-refractivity contribution in [3.05, 3.63) is 48.3 Å². The molecule has 1 N–H and O–H groups in total. The first-order valence-corrected chi connectivity index (χ1v) is 9.11. The van der Waals surface area contributed by atoms with Gasteiger partial charge in [0.05, 0.1) is 11.9 Å². The van der Waals surface area contributed by atoms with Gasteiger partial charge in [0, 0.05) is 47.4 Å². The molecule has 2 heterocycles. The van der Waals surface area contributed by atoms with E-state index in [1.807, 2.05) is 29.1 Å². The number of nitrogens with one attached hydrogen (secondary N) is 1. The van der Waals surface area contributed by atoms with Crippen LogP contribution in [0.3, 0.4) is 0 Å². The summed E-state index contributed by atoms with van der Waals surface area (Å²) in [4.78, 5) is 0. The Kier molecular flexibility index (Phi) is 5.06. The van der Waals surface area contributed by atoms with E-state index in [1.165, 1.54) is 22.8 Å². The Bertz CT molecular complexity index is 521. The van der Waals surface area contributed by atoms with E-state index in [9.17, 15) is 0 Å². The zero-order valence-electron chi connectivity index (χ0n) is 11.4. The van der Waals surface area contributed by atoms with Gasteiger partial charge in [-0.25, -0.2) is 4.68 Å². The van der Waals surface area contributed by atoms with Gasteiger partial charge >= 0.3 is 0 Å². The van der Waals surface area contributed by atoms with Crippen molar-refractivity contribution in [3.8, 4) is 5.69 Å². The van der Waals surface area contributed by atoms with Crippen LogP contribution in [-0.4, -0.2) is 38.8 Å². The van der Waals surface area contributed by atoms with Gasteiger partial charge < -0.3 is 5.32 Å². The summed E-state index contributed by atoms with van der Waals surface area (Å²) in [6.07, 6.45) is 4.05. The number of rotatable bonds is 5. The van der Waals surface area contributed by atoms with Crippen LogP contribution in [0.25, 0.3) is 5.69 Å². The number of hydrogen-bond acceptors (Lipinski definition) is 4. The number of hydrogen-bond donors (Lipinski definition) is 1. The third kappa shape index (κ3) is 3.81. The Morgan fingerprint density at radius 1 is 1.25 bits per heavy atom. The predicted molar refractivity (Wildman–Crippen MR) is 88.8 cm³/mol. The second-order valence-corrected chi connectivity index (χ2v) is 7.39. The molecule has 1 aliphatic heterocycles. The van der Waals surface area contributed by atoms with E-state index in [4.69, 9.17) is 0 Å². The molecule has 106 valence electrons. The number of thioether (sulfide) groups is 2. The molecule has 0 saturated carbocycles. The molecule has 1 aliphatic rings. The van der Waals surface area contributed by atoms with E-state index in [-0.39, 0.29) is 0 Å². The number of aromatic nitrogens is 2. The molecule has 0 spiro atoms. The lowest BCUT2D eigenvalue weighted by molar-refractivity contribution is 0.686. The summed E-state index contributed by atoms with van der Waals surface area (Å²) < 4.78 is 1.93. The lowest BCUT2D eigenvalue weighted by atomic mass is 10.3. The standard InChI is InChI=1S/C15H19N3S2/c1-2-4-14(5-3-1)18-11-13(9-17-18)8-16-10-15-12-19-6-7-20-15/h1-5,9,11,15-16H,6-8,10,12H2. The van der Waals surface area contributed by atoms with E-state index in [0.29, 0.717) is 0 Å². The van der Waals surface area contributed by atoms with Gasteiger partial charge in [-0.05, 0) is 12.1 Å². The lowest BCUT2D eigenvalue weighted by Crippen LogP contribution is -2.28. The Labute approximate surface area is 128 Å². The highest BCUT2D eigenvalue weighted by atomic mass is 32.2. The average molecular weight is 305 g/mol. The van der Waals surface area contributed by atoms with Gasteiger partial charge in [0.1, 0.15) is 0 Å². The normalized spacial score (nSPS) is 19.1. The van der Waals surface area contributed by atoms with E-state index in [1.54, 1.807) is 0 Å². The van der Waals surface area contributed by atoms with Gasteiger partial charge in [0.15, 0.2) is 0 Å². The number of benzene rings is 1. The lowest BCUT2D eigenvalue weighted by Gasteiger charge is -2.20. The fraction of sp³-hybridized carbons (Fsp3) is 0.400. The molecule has 3 rings (SSSR count). The Morgan fingerprint density at radius 3 is 2.95 bits per heavy atom. The maximum atomic E-state index is 4.42. The smallest absolute Gasteiger partial charge is 0.0645 e. The van der Waals surface area contributed by atoms with E-state index in [0.717, 1.165) is 24.0 Å². The first-order valence-electron chi connectivity index (χ1n) is 6.91. The van der Waals surface area contributed by atoms with Gasteiger partial charge in [-0.15, -0.1) is 0 Å². The van der Waals surface area contributed by atoms with Crippen LogP contribution < -0.4 is 5.32 Å². The zero-order valence-corrected chi connectivity index (χ0v) is 13.0. The maximum absolute atomic E-state index is 4.42. The third-order valence-electron chi connectivity index (χ3n) is 3.24. The van der Waals surface area contributed by atoms with Crippen molar-refractivity contribution in [2.24, 2.45) is 0 Å². The van der Waals surface area contributed by atoms with Crippen LogP contribution in [0.5, 0.6) is 0 Å². The molecule has 1 fully saturated rings. The summed E-state index contributed by atoms with van der Waals surface area (Å²) >= 11 is 4.17. The second kappa shape index (κ2) is 7.20. The van der Waals surface area contributed by atoms with Gasteiger partial charge in [0.25, 0.3) is 0 Å². The molecular formula is C15H19N3S2. The van der Waals surface area contributed by atoms with Crippen molar-refractivity contribution in [3.63, 3.8) is 0 Å². The monoisotopic (exact) mass is 305 g/mol. The highest BCUT2D eigenvalue weighted by Gasteiger charge is 2.13. The molecule has 3 nitrogen and oxygen atoms in total. The molecular weight excluding hydrogens is 286 g/mol. The van der Waals surface area contributed by atoms with Gasteiger partial charge in [0.2, 0.25) is 0 Å². The largest absolute Gasteiger partial charge is 0.311 e. The molecule has 0 radical (unpaired) electrons. The maximum Gasteiger partial charge on any atom is 0.0645 e. The fourth-order valence-electron chi connectivity index (χ4n) is 2.21.